The van der Waals surface area contributed by atoms with Gasteiger partial charge in [-0.05, 0) is 44.7 Å². The Labute approximate surface area is 315 Å². The van der Waals surface area contributed by atoms with Crippen molar-refractivity contribution < 1.29 is 98.7 Å². The Bertz CT molecular complexity index is 1240. The highest BCUT2D eigenvalue weighted by Gasteiger charge is 2.52. The van der Waals surface area contributed by atoms with Gasteiger partial charge in [0.25, 0.3) is 11.8 Å². The smallest absolute Gasteiger partial charge is 0.333 e. The van der Waals surface area contributed by atoms with Crippen molar-refractivity contribution in [3.05, 3.63) is 0 Å². The van der Waals surface area contributed by atoms with Crippen LogP contribution in [0.3, 0.4) is 0 Å². The molecule has 0 spiro atoms. The van der Waals surface area contributed by atoms with E-state index in [-0.39, 0.29) is 25.9 Å². The molecule has 5 heterocycles. The molecule has 5 saturated heterocycles. The first kappa shape index (κ1) is 44.0. The van der Waals surface area contributed by atoms with E-state index in [2.05, 4.69) is 4.90 Å². The minimum atomic E-state index is -1.87. The van der Waals surface area contributed by atoms with Gasteiger partial charge in [0, 0.05) is 25.8 Å². The van der Waals surface area contributed by atoms with Crippen LogP contribution in [0.4, 0.5) is 0 Å². The molecule has 0 aliphatic carbocycles. The van der Waals surface area contributed by atoms with Gasteiger partial charge in [0.05, 0.1) is 26.4 Å². The fourth-order valence-corrected chi connectivity index (χ4v) is 7.21. The predicted octanol–water partition coefficient (Wildman–Crippen LogP) is -6.06. The van der Waals surface area contributed by atoms with Gasteiger partial charge in [-0.15, -0.1) is 5.06 Å². The monoisotopic (exact) mass is 798 g/mol. The third-order valence-electron chi connectivity index (χ3n) is 10.6. The molecule has 5 aliphatic rings. The average molecular weight is 799 g/mol. The highest BCUT2D eigenvalue weighted by Crippen LogP contribution is 2.31. The number of aliphatic hydroxyl groups is 10. The first-order valence-electron chi connectivity index (χ1n) is 18.5. The third-order valence-corrected chi connectivity index (χ3v) is 10.6. The molecule has 0 aromatic rings. The molecular formula is C33H54N2O20. The number of carbonyl (C=O) groups is 3. The zero-order chi connectivity index (χ0) is 40.0. The second-order valence-corrected chi connectivity index (χ2v) is 14.4. The first-order valence-corrected chi connectivity index (χ1v) is 18.5. The Kier molecular flexibility index (Phi) is 16.1. The lowest BCUT2D eigenvalue weighted by atomic mass is 9.91. The SMILES string of the molecule is O=C(CCCC1CCN(CCO[C@H]2O[C@H](CO[C@H]3O[C@H](CO)[C@@H](O)[C@H](O)[C@@H]3O)[C@@H](O)[C@H](O[C@H]3O[C@H](CO)[C@@H](O)[C@H](O)[C@@H]3O)[C@@H]2O)CC1)ON1C(=O)CCC1=O. The summed E-state index contributed by atoms with van der Waals surface area (Å²) in [5, 5.41) is 104. The van der Waals surface area contributed by atoms with E-state index in [9.17, 15) is 65.4 Å². The van der Waals surface area contributed by atoms with E-state index in [0.717, 1.165) is 19.3 Å². The van der Waals surface area contributed by atoms with Crippen LogP contribution in [0.1, 0.15) is 44.9 Å². The van der Waals surface area contributed by atoms with Crippen molar-refractivity contribution in [1.29, 1.82) is 0 Å². The summed E-state index contributed by atoms with van der Waals surface area (Å²) >= 11 is 0. The van der Waals surface area contributed by atoms with Crippen LogP contribution in [-0.4, -0.2) is 217 Å². The van der Waals surface area contributed by atoms with Gasteiger partial charge in [-0.2, -0.15) is 0 Å². The van der Waals surface area contributed by atoms with Crippen LogP contribution < -0.4 is 0 Å². The summed E-state index contributed by atoms with van der Waals surface area (Å²) in [6.07, 6.45) is -21.5. The van der Waals surface area contributed by atoms with Crippen molar-refractivity contribution >= 4 is 17.8 Å². The van der Waals surface area contributed by atoms with Gasteiger partial charge < -0.3 is 89.2 Å². The molecule has 55 heavy (non-hydrogen) atoms. The molecule has 22 nitrogen and oxygen atoms in total. The lowest BCUT2D eigenvalue weighted by Crippen LogP contribution is -2.65. The van der Waals surface area contributed by atoms with Crippen molar-refractivity contribution in [3.63, 3.8) is 0 Å². The van der Waals surface area contributed by atoms with E-state index in [0.29, 0.717) is 37.0 Å². The fraction of sp³-hybridized carbons (Fsp3) is 0.909. The third kappa shape index (κ3) is 10.7. The molecule has 15 atom stereocenters. The van der Waals surface area contributed by atoms with E-state index in [1.54, 1.807) is 0 Å². The molecule has 0 unspecified atom stereocenters. The van der Waals surface area contributed by atoms with E-state index < -0.39 is 130 Å². The number of imide groups is 1. The summed E-state index contributed by atoms with van der Waals surface area (Å²) in [4.78, 5) is 42.4. The quantitative estimate of drug-likeness (QED) is 0.0650. The number of piperidine rings is 1. The summed E-state index contributed by atoms with van der Waals surface area (Å²) in [5.74, 6) is -1.37. The molecule has 10 N–H and O–H groups in total. The van der Waals surface area contributed by atoms with Crippen LogP contribution in [0.2, 0.25) is 0 Å². The molecule has 0 aromatic carbocycles. The predicted molar refractivity (Wildman–Crippen MR) is 175 cm³/mol. The Balaban J connectivity index is 1.13. The van der Waals surface area contributed by atoms with Crippen LogP contribution in [0.5, 0.6) is 0 Å². The van der Waals surface area contributed by atoms with Crippen molar-refractivity contribution in [2.75, 3.05) is 46.1 Å². The van der Waals surface area contributed by atoms with Gasteiger partial charge in [-0.1, -0.05) is 0 Å². The number of hydrogen-bond donors (Lipinski definition) is 10. The van der Waals surface area contributed by atoms with Gasteiger partial charge in [-0.3, -0.25) is 9.59 Å². The second kappa shape index (κ2) is 20.1. The molecule has 2 amide bonds. The molecule has 0 radical (unpaired) electrons. The van der Waals surface area contributed by atoms with Crippen molar-refractivity contribution in [2.45, 2.75) is 137 Å². The standard InChI is InChI=1S/C33H54N2O20/c36-12-16-22(41)25(44)27(46)31(51-16)50-14-18-24(43)30(54-33-28(47)26(45)23(42)17(13-37)52-33)29(48)32(53-18)49-11-10-34-8-6-15(7-9-34)2-1-3-21(40)55-35-19(38)4-5-20(35)39/h15-18,22-33,36-37,41-48H,1-14H2/t16-,17-,18-,22-,23-,24-,25+,26+,27+,28+,29+,30+,31+,32+,33-/m1/s1. The van der Waals surface area contributed by atoms with Crippen LogP contribution in [-0.2, 0) is 47.6 Å². The maximum Gasteiger partial charge on any atom is 0.333 e. The molecular weight excluding hydrogens is 744 g/mol. The topological polar surface area (TPSA) is 325 Å². The van der Waals surface area contributed by atoms with Gasteiger partial charge >= 0.3 is 5.97 Å². The zero-order valence-electron chi connectivity index (χ0n) is 30.1. The van der Waals surface area contributed by atoms with E-state index in [4.69, 9.17) is 33.3 Å². The highest BCUT2D eigenvalue weighted by molar-refractivity contribution is 6.01. The molecule has 316 valence electrons. The summed E-state index contributed by atoms with van der Waals surface area (Å²) in [6, 6.07) is 0. The van der Waals surface area contributed by atoms with Gasteiger partial charge in [0.1, 0.15) is 73.2 Å². The van der Waals surface area contributed by atoms with E-state index >= 15 is 0 Å². The van der Waals surface area contributed by atoms with Crippen molar-refractivity contribution in [2.24, 2.45) is 5.92 Å². The van der Waals surface area contributed by atoms with Crippen LogP contribution in [0.25, 0.3) is 0 Å². The number of nitrogens with zero attached hydrogens (tertiary/aromatic N) is 2. The number of amides is 2. The Hall–Kier alpha value is -2.07. The fourth-order valence-electron chi connectivity index (χ4n) is 7.21. The van der Waals surface area contributed by atoms with E-state index in [1.807, 2.05) is 0 Å². The summed E-state index contributed by atoms with van der Waals surface area (Å²) in [6.45, 7) is -0.245. The zero-order valence-corrected chi connectivity index (χ0v) is 30.1. The number of hydrogen-bond acceptors (Lipinski definition) is 21. The number of rotatable bonds is 16. The summed E-state index contributed by atoms with van der Waals surface area (Å²) in [5.41, 5.74) is 0. The van der Waals surface area contributed by atoms with Crippen LogP contribution in [0.15, 0.2) is 0 Å². The molecule has 0 bridgehead atoms. The number of hydroxylamine groups is 2. The molecule has 5 fully saturated rings. The minimum Gasteiger partial charge on any atom is -0.394 e. The molecule has 0 aromatic heterocycles. The van der Waals surface area contributed by atoms with Crippen molar-refractivity contribution in [3.8, 4) is 0 Å². The normalized spacial score (nSPS) is 40.8. The molecule has 5 rings (SSSR count). The number of carbonyl (C=O) groups excluding carboxylic acids is 3. The highest BCUT2D eigenvalue weighted by atomic mass is 16.8. The molecule has 5 aliphatic heterocycles. The van der Waals surface area contributed by atoms with Gasteiger partial charge in [0.15, 0.2) is 18.9 Å². The number of ether oxygens (including phenoxy) is 6. The maximum absolute atomic E-state index is 12.1. The van der Waals surface area contributed by atoms with Gasteiger partial charge in [-0.25, -0.2) is 4.79 Å². The second-order valence-electron chi connectivity index (χ2n) is 14.4. The van der Waals surface area contributed by atoms with E-state index in [1.165, 1.54) is 0 Å². The molecule has 0 saturated carbocycles. The Morgan fingerprint density at radius 2 is 1.22 bits per heavy atom. The number of likely N-dealkylation sites (tertiary alicyclic amines) is 1. The molecule has 22 heteroatoms. The number of aliphatic hydroxyl groups excluding tert-OH is 10. The summed E-state index contributed by atoms with van der Waals surface area (Å²) < 4.78 is 33.8. The van der Waals surface area contributed by atoms with Crippen LogP contribution >= 0.6 is 0 Å². The van der Waals surface area contributed by atoms with Gasteiger partial charge in [0.2, 0.25) is 0 Å². The maximum atomic E-state index is 12.1. The lowest BCUT2D eigenvalue weighted by Gasteiger charge is -2.46. The Morgan fingerprint density at radius 1 is 0.673 bits per heavy atom. The lowest BCUT2D eigenvalue weighted by molar-refractivity contribution is -0.366. The summed E-state index contributed by atoms with van der Waals surface area (Å²) in [7, 11) is 0. The average Bonchev–Trinajstić information content (AvgIpc) is 3.49. The largest absolute Gasteiger partial charge is 0.394 e. The Morgan fingerprint density at radius 3 is 1.82 bits per heavy atom. The van der Waals surface area contributed by atoms with Crippen molar-refractivity contribution in [1.82, 2.24) is 9.96 Å². The first-order chi connectivity index (χ1) is 26.2. The van der Waals surface area contributed by atoms with Crippen LogP contribution in [0, 0.1) is 5.92 Å². The minimum absolute atomic E-state index is 0.0231.